The Bertz CT molecular complexity index is 1220. The number of amides is 1. The lowest BCUT2D eigenvalue weighted by atomic mass is 10.1. The summed E-state index contributed by atoms with van der Waals surface area (Å²) >= 11 is 0. The minimum absolute atomic E-state index is 0.172. The fourth-order valence-corrected chi connectivity index (χ4v) is 3.43. The number of halogens is 1. The molecule has 0 unspecified atom stereocenters. The summed E-state index contributed by atoms with van der Waals surface area (Å²) in [7, 11) is 0. The molecule has 0 atom stereocenters. The van der Waals surface area contributed by atoms with E-state index >= 15 is 0 Å². The van der Waals surface area contributed by atoms with Crippen LogP contribution in [0.5, 0.6) is 11.5 Å². The van der Waals surface area contributed by atoms with Gasteiger partial charge in [0.25, 0.3) is 5.91 Å². The number of nitrogens with zero attached hydrogens (tertiary/aromatic N) is 2. The van der Waals surface area contributed by atoms with Gasteiger partial charge in [0.05, 0.1) is 11.3 Å². The van der Waals surface area contributed by atoms with E-state index in [1.54, 1.807) is 36.4 Å². The second-order valence-electron chi connectivity index (χ2n) is 7.03. The van der Waals surface area contributed by atoms with Crippen LogP contribution in [0.4, 0.5) is 10.1 Å². The van der Waals surface area contributed by atoms with Crippen LogP contribution in [-0.4, -0.2) is 18.5 Å². The third-order valence-electron chi connectivity index (χ3n) is 4.97. The van der Waals surface area contributed by atoms with E-state index in [2.05, 4.69) is 4.99 Å². The molecule has 0 N–H and O–H groups in total. The minimum Gasteiger partial charge on any atom is -0.454 e. The van der Waals surface area contributed by atoms with Crippen LogP contribution in [-0.2, 0) is 4.79 Å². The van der Waals surface area contributed by atoms with E-state index in [0.717, 1.165) is 11.1 Å². The summed E-state index contributed by atoms with van der Waals surface area (Å²) in [4.78, 5) is 19.2. The lowest BCUT2D eigenvalue weighted by Gasteiger charge is -2.19. The van der Waals surface area contributed by atoms with Crippen molar-refractivity contribution in [1.82, 2.24) is 0 Å². The van der Waals surface area contributed by atoms with Crippen molar-refractivity contribution in [3.63, 3.8) is 0 Å². The van der Waals surface area contributed by atoms with Crippen molar-refractivity contribution in [2.45, 2.75) is 6.92 Å². The topological polar surface area (TPSA) is 51.1 Å². The summed E-state index contributed by atoms with van der Waals surface area (Å²) in [5, 5.41) is 0. The van der Waals surface area contributed by atoms with E-state index in [9.17, 15) is 9.18 Å². The lowest BCUT2D eigenvalue weighted by molar-refractivity contribution is -0.113. The molecule has 0 radical (unpaired) electrons. The molecule has 0 bridgehead atoms. The fraction of sp³-hybridized carbons (Fsp3) is 0.0833. The molecule has 2 aliphatic heterocycles. The third-order valence-corrected chi connectivity index (χ3v) is 4.97. The van der Waals surface area contributed by atoms with Gasteiger partial charge in [-0.25, -0.2) is 9.38 Å². The highest BCUT2D eigenvalue weighted by Crippen LogP contribution is 2.34. The van der Waals surface area contributed by atoms with Gasteiger partial charge in [-0.3, -0.25) is 9.69 Å². The third kappa shape index (κ3) is 3.12. The number of anilines is 1. The van der Waals surface area contributed by atoms with Gasteiger partial charge in [0.15, 0.2) is 17.3 Å². The molecule has 0 aromatic heterocycles. The zero-order chi connectivity index (χ0) is 20.7. The number of benzene rings is 3. The van der Waals surface area contributed by atoms with Gasteiger partial charge in [0.1, 0.15) is 11.5 Å². The number of carbonyl (C=O) groups is 1. The molecule has 1 amide bonds. The molecule has 5 rings (SSSR count). The second kappa shape index (κ2) is 7.15. The van der Waals surface area contributed by atoms with E-state index in [1.165, 1.54) is 11.0 Å². The maximum Gasteiger partial charge on any atom is 0.282 e. The first kappa shape index (κ1) is 18.1. The molecule has 0 spiro atoms. The van der Waals surface area contributed by atoms with Crippen LogP contribution < -0.4 is 14.4 Å². The average molecular weight is 400 g/mol. The van der Waals surface area contributed by atoms with E-state index in [1.807, 2.05) is 37.3 Å². The summed E-state index contributed by atoms with van der Waals surface area (Å²) < 4.78 is 25.3. The smallest absolute Gasteiger partial charge is 0.282 e. The Hall–Kier alpha value is -3.93. The molecule has 0 saturated heterocycles. The van der Waals surface area contributed by atoms with Crippen LogP contribution >= 0.6 is 0 Å². The number of carbonyl (C=O) groups excluding carboxylic acids is 1. The van der Waals surface area contributed by atoms with Crippen molar-refractivity contribution < 1.29 is 18.7 Å². The van der Waals surface area contributed by atoms with Gasteiger partial charge < -0.3 is 9.47 Å². The minimum atomic E-state index is -0.439. The molecule has 5 nitrogen and oxygen atoms in total. The van der Waals surface area contributed by atoms with Crippen LogP contribution in [0.25, 0.3) is 6.08 Å². The molecule has 3 aromatic rings. The van der Waals surface area contributed by atoms with Crippen LogP contribution in [0.15, 0.2) is 77.4 Å². The number of ether oxygens (including phenoxy) is 2. The Morgan fingerprint density at radius 3 is 2.57 bits per heavy atom. The molecular formula is C24H17FN2O3. The monoisotopic (exact) mass is 400 g/mol. The van der Waals surface area contributed by atoms with Gasteiger partial charge in [-0.2, -0.15) is 0 Å². The Morgan fingerprint density at radius 1 is 1.00 bits per heavy atom. The quantitative estimate of drug-likeness (QED) is 0.599. The molecule has 2 aliphatic rings. The number of fused-ring (bicyclic) bond motifs is 1. The fourth-order valence-electron chi connectivity index (χ4n) is 3.43. The number of hydrogen-bond acceptors (Lipinski definition) is 4. The lowest BCUT2D eigenvalue weighted by Crippen LogP contribution is -2.33. The predicted molar refractivity (Wildman–Crippen MR) is 112 cm³/mol. The van der Waals surface area contributed by atoms with Gasteiger partial charge in [-0.15, -0.1) is 0 Å². The highest BCUT2D eigenvalue weighted by molar-refractivity contribution is 6.33. The number of rotatable bonds is 3. The molecule has 6 heteroatoms. The normalized spacial score (nSPS) is 16.3. The maximum absolute atomic E-state index is 14.6. The van der Waals surface area contributed by atoms with Gasteiger partial charge in [-0.05, 0) is 55.0 Å². The summed E-state index contributed by atoms with van der Waals surface area (Å²) in [6.07, 6.45) is 1.67. The van der Waals surface area contributed by atoms with E-state index in [0.29, 0.717) is 17.2 Å². The molecular weight excluding hydrogens is 383 g/mol. The number of amidine groups is 1. The van der Waals surface area contributed by atoms with Crippen molar-refractivity contribution in [3.8, 4) is 11.5 Å². The zero-order valence-corrected chi connectivity index (χ0v) is 16.1. The van der Waals surface area contributed by atoms with Crippen molar-refractivity contribution >= 4 is 23.5 Å². The Kier molecular flexibility index (Phi) is 4.32. The summed E-state index contributed by atoms with van der Waals surface area (Å²) in [6, 6.07) is 19.2. The van der Waals surface area contributed by atoms with Gasteiger partial charge >= 0.3 is 0 Å². The molecule has 0 saturated carbocycles. The van der Waals surface area contributed by atoms with Crippen LogP contribution in [0.2, 0.25) is 0 Å². The number of aliphatic imine (C=N–C) groups is 1. The van der Waals surface area contributed by atoms with Crippen LogP contribution in [0, 0.1) is 12.7 Å². The molecule has 3 aromatic carbocycles. The van der Waals surface area contributed by atoms with Gasteiger partial charge in [-0.1, -0.05) is 35.9 Å². The predicted octanol–water partition coefficient (Wildman–Crippen LogP) is 4.70. The van der Waals surface area contributed by atoms with Crippen molar-refractivity contribution in [2.75, 3.05) is 11.7 Å². The summed E-state index contributed by atoms with van der Waals surface area (Å²) in [6.45, 7) is 2.14. The molecule has 148 valence electrons. The molecule has 2 heterocycles. The summed E-state index contributed by atoms with van der Waals surface area (Å²) in [5.74, 6) is 0.768. The maximum atomic E-state index is 14.6. The Morgan fingerprint density at radius 2 is 1.77 bits per heavy atom. The van der Waals surface area contributed by atoms with E-state index in [-0.39, 0.29) is 29.8 Å². The first-order chi connectivity index (χ1) is 14.6. The standard InChI is InChI=1S/C24H17FN2O3/c1-15-6-9-17(10-7-15)27-23(18-4-2-3-5-19(18)25)26-20(24(27)28)12-16-8-11-21-22(13-16)30-14-29-21/h2-13H,14H2,1H3/b20-12+. The molecule has 30 heavy (non-hydrogen) atoms. The second-order valence-corrected chi connectivity index (χ2v) is 7.03. The highest BCUT2D eigenvalue weighted by atomic mass is 19.1. The SMILES string of the molecule is Cc1ccc(N2C(=O)/C(=C\c3ccc4c(c3)OCO4)N=C2c2ccccc2F)cc1. The molecule has 0 aliphatic carbocycles. The first-order valence-electron chi connectivity index (χ1n) is 9.46. The Balaban J connectivity index is 1.61. The number of hydrogen-bond donors (Lipinski definition) is 0. The number of aryl methyl sites for hydroxylation is 1. The van der Waals surface area contributed by atoms with Gasteiger partial charge in [0, 0.05) is 0 Å². The molecule has 0 fully saturated rings. The van der Waals surface area contributed by atoms with Crippen LogP contribution in [0.1, 0.15) is 16.7 Å². The zero-order valence-electron chi connectivity index (χ0n) is 16.1. The highest BCUT2D eigenvalue weighted by Gasteiger charge is 2.33. The van der Waals surface area contributed by atoms with Gasteiger partial charge in [0.2, 0.25) is 6.79 Å². The van der Waals surface area contributed by atoms with Crippen molar-refractivity contribution in [1.29, 1.82) is 0 Å². The average Bonchev–Trinajstić information content (AvgIpc) is 3.34. The van der Waals surface area contributed by atoms with E-state index < -0.39 is 5.82 Å². The van der Waals surface area contributed by atoms with Crippen molar-refractivity contribution in [3.05, 3.63) is 94.9 Å². The van der Waals surface area contributed by atoms with Crippen molar-refractivity contribution in [2.24, 2.45) is 4.99 Å². The summed E-state index contributed by atoms with van der Waals surface area (Å²) in [5.41, 5.74) is 2.91. The first-order valence-corrected chi connectivity index (χ1v) is 9.46. The van der Waals surface area contributed by atoms with E-state index in [4.69, 9.17) is 9.47 Å². The Labute approximate surface area is 172 Å². The largest absolute Gasteiger partial charge is 0.454 e. The van der Waals surface area contributed by atoms with Crippen LogP contribution in [0.3, 0.4) is 0 Å².